The lowest BCUT2D eigenvalue weighted by atomic mass is 10.2. The molecule has 1 aromatic rings. The Morgan fingerprint density at radius 3 is 2.54 bits per heavy atom. The first kappa shape index (κ1) is 10.3. The predicted molar refractivity (Wildman–Crippen MR) is 58.0 cm³/mol. The van der Waals surface area contributed by atoms with Crippen molar-refractivity contribution in [3.63, 3.8) is 0 Å². The summed E-state index contributed by atoms with van der Waals surface area (Å²) in [7, 11) is 1.78. The highest BCUT2D eigenvalue weighted by molar-refractivity contribution is 9.10. The third kappa shape index (κ3) is 2.31. The van der Waals surface area contributed by atoms with Crippen molar-refractivity contribution in [2.24, 2.45) is 0 Å². The summed E-state index contributed by atoms with van der Waals surface area (Å²) in [4.78, 5) is 12.7. The molecule has 2 nitrogen and oxygen atoms in total. The van der Waals surface area contributed by atoms with E-state index in [1.165, 1.54) is 0 Å². The zero-order valence-electron chi connectivity index (χ0n) is 7.97. The molecule has 0 heterocycles. The van der Waals surface area contributed by atoms with Crippen LogP contribution in [0, 0.1) is 6.92 Å². The van der Waals surface area contributed by atoms with E-state index in [1.807, 2.05) is 25.1 Å². The van der Waals surface area contributed by atoms with E-state index in [4.69, 9.17) is 0 Å². The topological polar surface area (TPSA) is 20.3 Å². The highest BCUT2D eigenvalue weighted by Gasteiger charge is 2.07. The maximum Gasteiger partial charge on any atom is 0.223 e. The highest BCUT2D eigenvalue weighted by atomic mass is 79.9. The number of hydrogen-bond donors (Lipinski definition) is 0. The summed E-state index contributed by atoms with van der Waals surface area (Å²) in [5, 5.41) is 0. The van der Waals surface area contributed by atoms with Gasteiger partial charge < -0.3 is 4.90 Å². The minimum Gasteiger partial charge on any atom is -0.315 e. The van der Waals surface area contributed by atoms with Gasteiger partial charge in [-0.25, -0.2) is 0 Å². The Morgan fingerprint density at radius 2 is 2.08 bits per heavy atom. The van der Waals surface area contributed by atoms with Crippen LogP contribution in [0.5, 0.6) is 0 Å². The maximum atomic E-state index is 11.1. The van der Waals surface area contributed by atoms with Gasteiger partial charge >= 0.3 is 0 Å². The summed E-state index contributed by atoms with van der Waals surface area (Å²) in [6.45, 7) is 3.54. The van der Waals surface area contributed by atoms with Crippen molar-refractivity contribution in [2.45, 2.75) is 13.8 Å². The first-order valence-corrected chi connectivity index (χ1v) is 4.82. The van der Waals surface area contributed by atoms with Crippen molar-refractivity contribution >= 4 is 27.5 Å². The molecule has 0 N–H and O–H groups in total. The molecular formula is C10H12BrNO. The molecule has 0 bridgehead atoms. The van der Waals surface area contributed by atoms with Gasteiger partial charge in [0, 0.05) is 24.1 Å². The summed E-state index contributed by atoms with van der Waals surface area (Å²) in [6, 6.07) is 5.86. The third-order valence-electron chi connectivity index (χ3n) is 1.99. The Bertz CT molecular complexity index is 336. The maximum absolute atomic E-state index is 11.1. The van der Waals surface area contributed by atoms with Gasteiger partial charge in [0.1, 0.15) is 0 Å². The van der Waals surface area contributed by atoms with E-state index in [0.717, 1.165) is 15.7 Å². The van der Waals surface area contributed by atoms with Gasteiger partial charge in [-0.15, -0.1) is 0 Å². The van der Waals surface area contributed by atoms with Crippen LogP contribution in [0.4, 0.5) is 5.69 Å². The second kappa shape index (κ2) is 3.92. The Morgan fingerprint density at radius 1 is 1.46 bits per heavy atom. The molecule has 1 amide bonds. The lowest BCUT2D eigenvalue weighted by Crippen LogP contribution is -2.23. The molecule has 0 atom stereocenters. The zero-order valence-corrected chi connectivity index (χ0v) is 9.55. The number of anilines is 1. The van der Waals surface area contributed by atoms with Crippen LogP contribution >= 0.6 is 15.9 Å². The molecule has 1 aromatic carbocycles. The third-order valence-corrected chi connectivity index (χ3v) is 2.49. The van der Waals surface area contributed by atoms with Crippen molar-refractivity contribution in [2.75, 3.05) is 11.9 Å². The summed E-state index contributed by atoms with van der Waals surface area (Å²) >= 11 is 3.38. The molecule has 0 fully saturated rings. The molecule has 0 aliphatic rings. The molecular weight excluding hydrogens is 230 g/mol. The molecule has 0 aliphatic heterocycles. The minimum atomic E-state index is 0.0467. The van der Waals surface area contributed by atoms with Crippen molar-refractivity contribution in [1.82, 2.24) is 0 Å². The van der Waals surface area contributed by atoms with Gasteiger partial charge in [-0.1, -0.05) is 15.9 Å². The van der Waals surface area contributed by atoms with E-state index < -0.39 is 0 Å². The number of benzene rings is 1. The Hall–Kier alpha value is -0.830. The van der Waals surface area contributed by atoms with Gasteiger partial charge in [0.05, 0.1) is 0 Å². The molecule has 0 saturated carbocycles. The van der Waals surface area contributed by atoms with Crippen molar-refractivity contribution in [1.29, 1.82) is 0 Å². The Kier molecular flexibility index (Phi) is 3.09. The number of halogens is 1. The normalized spacial score (nSPS) is 9.85. The van der Waals surface area contributed by atoms with E-state index in [1.54, 1.807) is 18.9 Å². The van der Waals surface area contributed by atoms with Crippen LogP contribution in [-0.4, -0.2) is 13.0 Å². The molecule has 0 radical (unpaired) electrons. The van der Waals surface area contributed by atoms with Crippen LogP contribution in [0.3, 0.4) is 0 Å². The monoisotopic (exact) mass is 241 g/mol. The largest absolute Gasteiger partial charge is 0.315 e. The second-order valence-electron chi connectivity index (χ2n) is 3.01. The van der Waals surface area contributed by atoms with Crippen LogP contribution in [0.2, 0.25) is 0 Å². The van der Waals surface area contributed by atoms with E-state index in [-0.39, 0.29) is 5.91 Å². The molecule has 0 aromatic heterocycles. The van der Waals surface area contributed by atoms with E-state index in [0.29, 0.717) is 0 Å². The SMILES string of the molecule is CC(=O)N(C)c1ccc(Br)cc1C. The van der Waals surface area contributed by atoms with Gasteiger partial charge in [-0.3, -0.25) is 4.79 Å². The zero-order chi connectivity index (χ0) is 10.0. The van der Waals surface area contributed by atoms with Crippen LogP contribution in [-0.2, 0) is 4.79 Å². The van der Waals surface area contributed by atoms with E-state index in [9.17, 15) is 4.79 Å². The quantitative estimate of drug-likeness (QED) is 0.741. The summed E-state index contributed by atoms with van der Waals surface area (Å²) in [5.74, 6) is 0.0467. The fraction of sp³-hybridized carbons (Fsp3) is 0.300. The number of carbonyl (C=O) groups is 1. The average molecular weight is 242 g/mol. The number of aryl methyl sites for hydroxylation is 1. The van der Waals surface area contributed by atoms with Crippen molar-refractivity contribution in [3.8, 4) is 0 Å². The Labute approximate surface area is 86.7 Å². The van der Waals surface area contributed by atoms with Crippen LogP contribution in [0.25, 0.3) is 0 Å². The highest BCUT2D eigenvalue weighted by Crippen LogP contribution is 2.22. The van der Waals surface area contributed by atoms with Gasteiger partial charge in [0.15, 0.2) is 0 Å². The number of hydrogen-bond acceptors (Lipinski definition) is 1. The number of rotatable bonds is 1. The fourth-order valence-corrected chi connectivity index (χ4v) is 1.64. The molecule has 13 heavy (non-hydrogen) atoms. The first-order valence-electron chi connectivity index (χ1n) is 4.03. The fourth-order valence-electron chi connectivity index (χ4n) is 1.16. The van der Waals surface area contributed by atoms with Crippen molar-refractivity contribution < 1.29 is 4.79 Å². The van der Waals surface area contributed by atoms with Gasteiger partial charge in [0.2, 0.25) is 5.91 Å². The molecule has 0 saturated heterocycles. The second-order valence-corrected chi connectivity index (χ2v) is 3.92. The summed E-state index contributed by atoms with van der Waals surface area (Å²) in [6.07, 6.45) is 0. The van der Waals surface area contributed by atoms with Crippen molar-refractivity contribution in [3.05, 3.63) is 28.2 Å². The molecule has 0 unspecified atom stereocenters. The molecule has 0 spiro atoms. The minimum absolute atomic E-state index is 0.0467. The lowest BCUT2D eigenvalue weighted by Gasteiger charge is -2.17. The van der Waals surface area contributed by atoms with Crippen LogP contribution in [0.15, 0.2) is 22.7 Å². The average Bonchev–Trinajstić information content (AvgIpc) is 2.03. The predicted octanol–water partition coefficient (Wildman–Crippen LogP) is 2.74. The molecule has 1 rings (SSSR count). The molecule has 0 aliphatic carbocycles. The molecule has 70 valence electrons. The lowest BCUT2D eigenvalue weighted by molar-refractivity contribution is -0.116. The van der Waals surface area contributed by atoms with Gasteiger partial charge in [0.25, 0.3) is 0 Å². The first-order chi connectivity index (χ1) is 6.02. The molecule has 3 heteroatoms. The smallest absolute Gasteiger partial charge is 0.223 e. The van der Waals surface area contributed by atoms with Gasteiger partial charge in [-0.05, 0) is 30.7 Å². The standard InChI is InChI=1S/C10H12BrNO/c1-7-6-9(11)4-5-10(7)12(3)8(2)13/h4-6H,1-3H3. The van der Waals surface area contributed by atoms with E-state index in [2.05, 4.69) is 15.9 Å². The van der Waals surface area contributed by atoms with Crippen LogP contribution in [0.1, 0.15) is 12.5 Å². The number of carbonyl (C=O) groups excluding carboxylic acids is 1. The van der Waals surface area contributed by atoms with Crippen LogP contribution < -0.4 is 4.90 Å². The summed E-state index contributed by atoms with van der Waals surface area (Å²) < 4.78 is 1.03. The number of nitrogens with zero attached hydrogens (tertiary/aromatic N) is 1. The number of amides is 1. The van der Waals surface area contributed by atoms with E-state index >= 15 is 0 Å². The summed E-state index contributed by atoms with van der Waals surface area (Å²) in [5.41, 5.74) is 2.04. The van der Waals surface area contributed by atoms with Gasteiger partial charge in [-0.2, -0.15) is 0 Å². The Balaban J connectivity index is 3.08.